The van der Waals surface area contributed by atoms with Crippen LogP contribution in [0.1, 0.15) is 31.0 Å². The molecule has 0 amide bonds. The Balaban J connectivity index is 2.77. The molecule has 0 aliphatic rings. The normalized spacial score (nSPS) is 12.5. The minimum Gasteiger partial charge on any atom is -0.467 e. The Bertz CT molecular complexity index is 310. The number of nitrogens with two attached hydrogens (primary N) is 1. The molecule has 1 rings (SSSR count). The predicted molar refractivity (Wildman–Crippen MR) is 60.9 cm³/mol. The predicted octanol–water partition coefficient (Wildman–Crippen LogP) is 2.39. The molecule has 3 nitrogen and oxygen atoms in total. The van der Waals surface area contributed by atoms with E-state index in [0.29, 0.717) is 6.61 Å². The number of hydrogen-bond donors (Lipinski definition) is 1. The van der Waals surface area contributed by atoms with E-state index in [-0.39, 0.29) is 12.8 Å². The van der Waals surface area contributed by atoms with Gasteiger partial charge < -0.3 is 15.2 Å². The third-order valence-electron chi connectivity index (χ3n) is 2.16. The number of hydrogen-bond acceptors (Lipinski definition) is 3. The van der Waals surface area contributed by atoms with E-state index in [1.807, 2.05) is 39.0 Å². The summed E-state index contributed by atoms with van der Waals surface area (Å²) in [6.07, 6.45) is 0. The maximum absolute atomic E-state index is 5.85. The molecule has 0 aliphatic carbocycles. The highest BCUT2D eigenvalue weighted by Crippen LogP contribution is 2.24. The first kappa shape index (κ1) is 12.0. The fraction of sp³-hybridized carbons (Fsp3) is 0.500. The van der Waals surface area contributed by atoms with Crippen LogP contribution in [0.2, 0.25) is 0 Å². The minimum atomic E-state index is -0.0257. The summed E-state index contributed by atoms with van der Waals surface area (Å²) in [6.45, 7) is 6.84. The van der Waals surface area contributed by atoms with Gasteiger partial charge in [0.25, 0.3) is 0 Å². The number of benzene rings is 1. The minimum absolute atomic E-state index is 0.0257. The topological polar surface area (TPSA) is 44.5 Å². The van der Waals surface area contributed by atoms with E-state index in [2.05, 4.69) is 0 Å². The third-order valence-corrected chi connectivity index (χ3v) is 2.16. The van der Waals surface area contributed by atoms with Crippen LogP contribution in [-0.4, -0.2) is 13.4 Å². The van der Waals surface area contributed by atoms with Crippen molar-refractivity contribution in [3.63, 3.8) is 0 Å². The summed E-state index contributed by atoms with van der Waals surface area (Å²) in [5.74, 6) is 0.818. The zero-order valence-electron chi connectivity index (χ0n) is 9.62. The molecule has 1 aromatic carbocycles. The molecule has 0 fully saturated rings. The molecule has 0 aromatic heterocycles. The zero-order valence-corrected chi connectivity index (χ0v) is 9.62. The summed E-state index contributed by atoms with van der Waals surface area (Å²) in [5.41, 5.74) is 8.02. The van der Waals surface area contributed by atoms with Crippen molar-refractivity contribution in [1.82, 2.24) is 0 Å². The largest absolute Gasteiger partial charge is 0.467 e. The monoisotopic (exact) mass is 209 g/mol. The van der Waals surface area contributed by atoms with Gasteiger partial charge in [-0.1, -0.05) is 12.1 Å². The molecule has 15 heavy (non-hydrogen) atoms. The lowest BCUT2D eigenvalue weighted by Gasteiger charge is -2.14. The maximum Gasteiger partial charge on any atom is 0.189 e. The quantitative estimate of drug-likeness (QED) is 0.598. The Hall–Kier alpha value is -1.06. The van der Waals surface area contributed by atoms with E-state index < -0.39 is 0 Å². The van der Waals surface area contributed by atoms with E-state index >= 15 is 0 Å². The van der Waals surface area contributed by atoms with Crippen LogP contribution < -0.4 is 10.5 Å². The number of rotatable bonds is 5. The fourth-order valence-corrected chi connectivity index (χ4v) is 1.33. The van der Waals surface area contributed by atoms with Gasteiger partial charge in [-0.3, -0.25) is 0 Å². The van der Waals surface area contributed by atoms with Gasteiger partial charge in [-0.2, -0.15) is 0 Å². The van der Waals surface area contributed by atoms with Gasteiger partial charge in [0.2, 0.25) is 0 Å². The molecule has 0 aliphatic heterocycles. The van der Waals surface area contributed by atoms with Gasteiger partial charge in [-0.15, -0.1) is 0 Å². The molecule has 2 N–H and O–H groups in total. The summed E-state index contributed by atoms with van der Waals surface area (Å²) in [6, 6.07) is 5.99. The third kappa shape index (κ3) is 3.53. The van der Waals surface area contributed by atoms with Gasteiger partial charge >= 0.3 is 0 Å². The first-order valence-corrected chi connectivity index (χ1v) is 5.21. The fourth-order valence-electron chi connectivity index (χ4n) is 1.33. The summed E-state index contributed by atoms with van der Waals surface area (Å²) in [4.78, 5) is 0. The Morgan fingerprint density at radius 2 is 2.13 bits per heavy atom. The van der Waals surface area contributed by atoms with Crippen molar-refractivity contribution in [2.75, 3.05) is 13.4 Å². The van der Waals surface area contributed by atoms with E-state index in [1.54, 1.807) is 0 Å². The van der Waals surface area contributed by atoms with Gasteiger partial charge in [0.15, 0.2) is 6.79 Å². The molecule has 0 spiro atoms. The van der Waals surface area contributed by atoms with Gasteiger partial charge in [-0.25, -0.2) is 0 Å². The van der Waals surface area contributed by atoms with Crippen LogP contribution in [0.4, 0.5) is 0 Å². The Morgan fingerprint density at radius 3 is 2.73 bits per heavy atom. The molecule has 1 atom stereocenters. The first-order valence-electron chi connectivity index (χ1n) is 5.21. The SMILES string of the molecule is CCOCOc1cc(C)ccc1[C@@H](C)N. The zero-order chi connectivity index (χ0) is 11.3. The lowest BCUT2D eigenvalue weighted by molar-refractivity contribution is 0.0217. The molecule has 1 aromatic rings. The van der Waals surface area contributed by atoms with E-state index in [9.17, 15) is 0 Å². The van der Waals surface area contributed by atoms with Crippen LogP contribution in [0.5, 0.6) is 5.75 Å². The summed E-state index contributed by atoms with van der Waals surface area (Å²) in [7, 11) is 0. The standard InChI is InChI=1S/C12H19NO2/c1-4-14-8-15-12-7-9(2)5-6-11(12)10(3)13/h5-7,10H,4,8,13H2,1-3H3/t10-/m1/s1. The molecule has 0 saturated heterocycles. The molecule has 84 valence electrons. The second-order valence-corrected chi connectivity index (χ2v) is 3.58. The van der Waals surface area contributed by atoms with Crippen LogP contribution in [0.3, 0.4) is 0 Å². The van der Waals surface area contributed by atoms with Crippen molar-refractivity contribution in [3.8, 4) is 5.75 Å². The van der Waals surface area contributed by atoms with Crippen molar-refractivity contribution < 1.29 is 9.47 Å². The average Bonchev–Trinajstić information content (AvgIpc) is 2.18. The van der Waals surface area contributed by atoms with Gasteiger partial charge in [-0.05, 0) is 32.4 Å². The molecule has 0 radical (unpaired) electrons. The first-order chi connectivity index (χ1) is 7.15. The van der Waals surface area contributed by atoms with Crippen LogP contribution >= 0.6 is 0 Å². The summed E-state index contributed by atoms with van der Waals surface area (Å²) in [5, 5.41) is 0. The smallest absolute Gasteiger partial charge is 0.189 e. The molecular formula is C12H19NO2. The van der Waals surface area contributed by atoms with Gasteiger partial charge in [0.1, 0.15) is 5.75 Å². The molecule has 3 heteroatoms. The molecule has 0 heterocycles. The van der Waals surface area contributed by atoms with Crippen molar-refractivity contribution in [3.05, 3.63) is 29.3 Å². The summed E-state index contributed by atoms with van der Waals surface area (Å²) < 4.78 is 10.7. The highest BCUT2D eigenvalue weighted by molar-refractivity contribution is 5.38. The van der Waals surface area contributed by atoms with Crippen molar-refractivity contribution in [2.24, 2.45) is 5.73 Å². The lowest BCUT2D eigenvalue weighted by Crippen LogP contribution is -2.10. The number of ether oxygens (including phenoxy) is 2. The molecule has 0 saturated carbocycles. The van der Waals surface area contributed by atoms with E-state index in [0.717, 1.165) is 16.9 Å². The van der Waals surface area contributed by atoms with E-state index in [4.69, 9.17) is 15.2 Å². The number of aryl methyl sites for hydroxylation is 1. The average molecular weight is 209 g/mol. The van der Waals surface area contributed by atoms with Crippen molar-refractivity contribution in [1.29, 1.82) is 0 Å². The van der Waals surface area contributed by atoms with Crippen LogP contribution in [-0.2, 0) is 4.74 Å². The van der Waals surface area contributed by atoms with Gasteiger partial charge in [0.05, 0.1) is 0 Å². The lowest BCUT2D eigenvalue weighted by atomic mass is 10.1. The van der Waals surface area contributed by atoms with Gasteiger partial charge in [0, 0.05) is 18.2 Å². The molecule has 0 bridgehead atoms. The maximum atomic E-state index is 5.85. The Labute approximate surface area is 91.2 Å². The van der Waals surface area contributed by atoms with Crippen LogP contribution in [0.25, 0.3) is 0 Å². The molecule has 0 unspecified atom stereocenters. The highest BCUT2D eigenvalue weighted by atomic mass is 16.7. The van der Waals surface area contributed by atoms with Crippen molar-refractivity contribution in [2.45, 2.75) is 26.8 Å². The summed E-state index contributed by atoms with van der Waals surface area (Å²) >= 11 is 0. The molecular weight excluding hydrogens is 190 g/mol. The van der Waals surface area contributed by atoms with Crippen molar-refractivity contribution >= 4 is 0 Å². The highest BCUT2D eigenvalue weighted by Gasteiger charge is 2.07. The second-order valence-electron chi connectivity index (χ2n) is 3.58. The Morgan fingerprint density at radius 1 is 1.40 bits per heavy atom. The van der Waals surface area contributed by atoms with Crippen LogP contribution in [0, 0.1) is 6.92 Å². The second kappa shape index (κ2) is 5.73. The Kier molecular flexibility index (Phi) is 4.59. The van der Waals surface area contributed by atoms with Crippen LogP contribution in [0.15, 0.2) is 18.2 Å². The van der Waals surface area contributed by atoms with E-state index in [1.165, 1.54) is 0 Å².